The van der Waals surface area contributed by atoms with Gasteiger partial charge in [0.05, 0.1) is 17.9 Å². The molecule has 0 bridgehead atoms. The van der Waals surface area contributed by atoms with E-state index in [1.807, 2.05) is 30.3 Å². The summed E-state index contributed by atoms with van der Waals surface area (Å²) in [6, 6.07) is 15.5. The number of carboxylic acid groups (broad SMARTS) is 1. The van der Waals surface area contributed by atoms with Crippen LogP contribution in [-0.4, -0.2) is 42.9 Å². The summed E-state index contributed by atoms with van der Waals surface area (Å²) in [5.74, 6) is -1.57. The summed E-state index contributed by atoms with van der Waals surface area (Å²) in [5.41, 5.74) is 1.18. The van der Waals surface area contributed by atoms with E-state index in [9.17, 15) is 23.1 Å². The van der Waals surface area contributed by atoms with Gasteiger partial charge in [-0.3, -0.25) is 9.59 Å². The Bertz CT molecular complexity index is 1550. The number of amides is 1. The average molecular weight is 636 g/mol. The molecule has 2 heterocycles. The molecule has 0 radical (unpaired) electrons. The Balaban J connectivity index is 1.63. The summed E-state index contributed by atoms with van der Waals surface area (Å²) in [5, 5.41) is 12.7. The third kappa shape index (κ3) is 6.34. The highest BCUT2D eigenvalue weighted by Gasteiger charge is 2.54. The van der Waals surface area contributed by atoms with Crippen LogP contribution in [0.5, 0.6) is 0 Å². The first kappa shape index (κ1) is 30.0. The van der Waals surface area contributed by atoms with E-state index in [1.165, 1.54) is 0 Å². The van der Waals surface area contributed by atoms with E-state index in [0.717, 1.165) is 35.3 Å². The van der Waals surface area contributed by atoms with E-state index in [0.29, 0.717) is 22.0 Å². The minimum atomic E-state index is -3.81. The molecule has 1 aliphatic carbocycles. The topological polar surface area (TPSA) is 104 Å². The van der Waals surface area contributed by atoms with E-state index >= 15 is 0 Å². The van der Waals surface area contributed by atoms with Crippen molar-refractivity contribution in [3.63, 3.8) is 0 Å². The summed E-state index contributed by atoms with van der Waals surface area (Å²) < 4.78 is 29.6. The first-order valence-corrected chi connectivity index (χ1v) is 16.6. The molecule has 1 saturated heterocycles. The fraction of sp³-hybridized carbons (Fsp3) is 0.400. The number of aliphatic carboxylic acids is 1. The van der Waals surface area contributed by atoms with Gasteiger partial charge in [0, 0.05) is 28.5 Å². The zero-order valence-corrected chi connectivity index (χ0v) is 25.9. The van der Waals surface area contributed by atoms with Gasteiger partial charge >= 0.3 is 5.97 Å². The van der Waals surface area contributed by atoms with Crippen molar-refractivity contribution in [2.75, 3.05) is 6.54 Å². The Morgan fingerprint density at radius 2 is 1.83 bits per heavy atom. The molecule has 2 N–H and O–H groups in total. The van der Waals surface area contributed by atoms with Crippen molar-refractivity contribution in [1.82, 2.24) is 9.62 Å². The van der Waals surface area contributed by atoms with Crippen LogP contribution < -0.4 is 4.72 Å². The van der Waals surface area contributed by atoms with E-state index < -0.39 is 33.5 Å². The van der Waals surface area contributed by atoms with Crippen LogP contribution >= 0.6 is 34.5 Å². The predicted molar refractivity (Wildman–Crippen MR) is 161 cm³/mol. The standard InChI is InChI=1S/C30H32Cl2N2O5S2/c1-18-12-13-40-28(18)41(38,39)33-17-25(19-6-7-19)34-27(20-8-10-22(31)11-9-20)24(21-4-3-5-23(32)14-21)15-30(2,29(34)37)16-26(35)36/h3-5,8-14,19,24-25,27,33H,6-7,15-17H2,1-2H3,(H,35,36)/t24-,25-,27-,30-/m1/s1. The third-order valence-electron chi connectivity index (χ3n) is 8.20. The number of thiophene rings is 1. The van der Waals surface area contributed by atoms with Crippen LogP contribution in [-0.2, 0) is 19.6 Å². The molecule has 1 saturated carbocycles. The van der Waals surface area contributed by atoms with Crippen molar-refractivity contribution in [2.45, 2.75) is 61.7 Å². The predicted octanol–water partition coefficient (Wildman–Crippen LogP) is 6.66. The number of piperidine rings is 1. The van der Waals surface area contributed by atoms with E-state index in [-0.39, 0.29) is 34.9 Å². The van der Waals surface area contributed by atoms with E-state index in [1.54, 1.807) is 48.4 Å². The maximum absolute atomic E-state index is 14.5. The van der Waals surface area contributed by atoms with Gasteiger partial charge in [0.2, 0.25) is 15.9 Å². The number of hydrogen-bond acceptors (Lipinski definition) is 5. The molecular weight excluding hydrogens is 603 g/mol. The lowest BCUT2D eigenvalue weighted by molar-refractivity contribution is -0.161. The van der Waals surface area contributed by atoms with Gasteiger partial charge in [0.15, 0.2) is 0 Å². The Labute approximate surface area is 254 Å². The monoisotopic (exact) mass is 634 g/mol. The van der Waals surface area contributed by atoms with Crippen LogP contribution in [0.3, 0.4) is 0 Å². The molecule has 0 unspecified atom stereocenters. The molecule has 2 fully saturated rings. The van der Waals surface area contributed by atoms with Gasteiger partial charge in [-0.1, -0.05) is 54.4 Å². The van der Waals surface area contributed by atoms with Crippen LogP contribution in [0.1, 0.15) is 61.3 Å². The second kappa shape index (κ2) is 11.7. The van der Waals surface area contributed by atoms with Crippen LogP contribution in [0, 0.1) is 18.3 Å². The summed E-state index contributed by atoms with van der Waals surface area (Å²) >= 11 is 13.8. The van der Waals surface area contributed by atoms with E-state index in [4.69, 9.17) is 23.2 Å². The molecule has 4 atom stereocenters. The first-order chi connectivity index (χ1) is 19.4. The van der Waals surface area contributed by atoms with Crippen LogP contribution in [0.2, 0.25) is 10.0 Å². The lowest BCUT2D eigenvalue weighted by atomic mass is 9.67. The molecule has 1 amide bonds. The molecule has 0 spiro atoms. The average Bonchev–Trinajstić information content (AvgIpc) is 3.65. The quantitative estimate of drug-likeness (QED) is 0.260. The summed E-state index contributed by atoms with van der Waals surface area (Å²) in [7, 11) is -3.81. The Morgan fingerprint density at radius 1 is 1.12 bits per heavy atom. The molecule has 2 aromatic carbocycles. The van der Waals surface area contributed by atoms with Crippen molar-refractivity contribution in [1.29, 1.82) is 0 Å². The minimum Gasteiger partial charge on any atom is -0.481 e. The minimum absolute atomic E-state index is 0.0194. The van der Waals surface area contributed by atoms with Crippen LogP contribution in [0.15, 0.2) is 64.2 Å². The molecule has 1 aromatic heterocycles. The number of aryl methyl sites for hydroxylation is 1. The van der Waals surface area contributed by atoms with Gasteiger partial charge in [-0.2, -0.15) is 0 Å². The summed E-state index contributed by atoms with van der Waals surface area (Å²) in [4.78, 5) is 28.3. The number of carbonyl (C=O) groups excluding carboxylic acids is 1. The molecular formula is C30H32Cl2N2O5S2. The van der Waals surface area contributed by atoms with E-state index in [2.05, 4.69) is 4.72 Å². The number of rotatable bonds is 10. The van der Waals surface area contributed by atoms with Crippen molar-refractivity contribution in [2.24, 2.45) is 11.3 Å². The maximum Gasteiger partial charge on any atom is 0.304 e. The number of likely N-dealkylation sites (tertiary alicyclic amines) is 1. The van der Waals surface area contributed by atoms with Gasteiger partial charge in [0.1, 0.15) is 4.21 Å². The Kier molecular flexibility index (Phi) is 8.56. The van der Waals surface area contributed by atoms with Gasteiger partial charge in [-0.25, -0.2) is 13.1 Å². The molecule has 41 heavy (non-hydrogen) atoms. The normalized spacial score (nSPS) is 23.9. The molecule has 218 valence electrons. The summed E-state index contributed by atoms with van der Waals surface area (Å²) in [6.45, 7) is 3.47. The Morgan fingerprint density at radius 3 is 2.41 bits per heavy atom. The molecule has 2 aliphatic rings. The fourth-order valence-electron chi connectivity index (χ4n) is 6.11. The number of carboxylic acids is 1. The SMILES string of the molecule is Cc1ccsc1S(=O)(=O)NC[C@H](C1CC1)N1C(=O)[C@@](C)(CC(=O)O)C[C@H](c2cccc(Cl)c2)[C@H]1c1ccc(Cl)cc1. The lowest BCUT2D eigenvalue weighted by Gasteiger charge is -2.52. The molecule has 7 nitrogen and oxygen atoms in total. The van der Waals surface area contributed by atoms with Crippen molar-refractivity contribution >= 4 is 56.4 Å². The van der Waals surface area contributed by atoms with Crippen molar-refractivity contribution in [3.8, 4) is 0 Å². The molecule has 1 aliphatic heterocycles. The smallest absolute Gasteiger partial charge is 0.304 e. The van der Waals surface area contributed by atoms with Crippen LogP contribution in [0.25, 0.3) is 0 Å². The zero-order valence-electron chi connectivity index (χ0n) is 22.7. The van der Waals surface area contributed by atoms with Crippen molar-refractivity contribution in [3.05, 3.63) is 86.7 Å². The van der Waals surface area contributed by atoms with Gasteiger partial charge in [-0.15, -0.1) is 11.3 Å². The van der Waals surface area contributed by atoms with Gasteiger partial charge in [-0.05, 0) is 84.5 Å². The molecule has 11 heteroatoms. The summed E-state index contributed by atoms with van der Waals surface area (Å²) in [6.07, 6.45) is 1.64. The number of nitrogens with zero attached hydrogens (tertiary/aromatic N) is 1. The largest absolute Gasteiger partial charge is 0.481 e. The van der Waals surface area contributed by atoms with Gasteiger partial charge in [0.25, 0.3) is 0 Å². The number of benzene rings is 2. The lowest BCUT2D eigenvalue weighted by Crippen LogP contribution is -2.59. The third-order valence-corrected chi connectivity index (χ3v) is 11.8. The number of sulfonamides is 1. The van der Waals surface area contributed by atoms with Crippen molar-refractivity contribution < 1.29 is 23.1 Å². The molecule has 5 rings (SSSR count). The highest BCUT2D eigenvalue weighted by Crippen LogP contribution is 2.54. The second-order valence-electron chi connectivity index (χ2n) is 11.4. The first-order valence-electron chi connectivity index (χ1n) is 13.5. The fourth-order valence-corrected chi connectivity index (χ4v) is 8.95. The van der Waals surface area contributed by atoms with Crippen LogP contribution in [0.4, 0.5) is 0 Å². The highest BCUT2D eigenvalue weighted by atomic mass is 35.5. The highest BCUT2D eigenvalue weighted by molar-refractivity contribution is 7.91. The maximum atomic E-state index is 14.5. The van der Waals surface area contributed by atoms with Gasteiger partial charge < -0.3 is 10.0 Å². The number of hydrogen-bond donors (Lipinski definition) is 2. The zero-order chi connectivity index (χ0) is 29.5. The molecule has 3 aromatic rings. The number of carbonyl (C=O) groups is 2. The number of halogens is 2. The second-order valence-corrected chi connectivity index (χ2v) is 15.1. The Hall–Kier alpha value is -2.43. The number of nitrogens with one attached hydrogen (secondary N) is 1.